The third-order valence-electron chi connectivity index (χ3n) is 4.02. The second kappa shape index (κ2) is 6.06. The highest BCUT2D eigenvalue weighted by molar-refractivity contribution is 5.79. The quantitative estimate of drug-likeness (QED) is 0.875. The predicted molar refractivity (Wildman–Crippen MR) is 85.8 cm³/mol. The highest BCUT2D eigenvalue weighted by Crippen LogP contribution is 2.30. The van der Waals surface area contributed by atoms with Gasteiger partial charge in [-0.15, -0.1) is 0 Å². The van der Waals surface area contributed by atoms with Crippen LogP contribution < -0.4 is 10.2 Å². The molecule has 2 rings (SSSR count). The van der Waals surface area contributed by atoms with E-state index in [0.717, 1.165) is 13.0 Å². The van der Waals surface area contributed by atoms with Crippen LogP contribution in [0.15, 0.2) is 24.3 Å². The van der Waals surface area contributed by atoms with Crippen molar-refractivity contribution in [1.29, 1.82) is 0 Å². The lowest BCUT2D eigenvalue weighted by atomic mass is 9.91. The molecule has 1 aliphatic heterocycles. The fourth-order valence-corrected chi connectivity index (χ4v) is 3.25. The highest BCUT2D eigenvalue weighted by Gasteiger charge is 2.37. The molecule has 1 aromatic rings. The van der Waals surface area contributed by atoms with Crippen LogP contribution in [-0.4, -0.2) is 35.7 Å². The molecule has 0 fully saturated rings. The Labute approximate surface area is 127 Å². The Morgan fingerprint density at radius 3 is 2.76 bits per heavy atom. The second-order valence-corrected chi connectivity index (χ2v) is 6.75. The maximum Gasteiger partial charge on any atom is 0.325 e. The molecule has 116 valence electrons. The van der Waals surface area contributed by atoms with E-state index < -0.39 is 11.5 Å². The molecule has 0 amide bonds. The molecule has 21 heavy (non-hydrogen) atoms. The van der Waals surface area contributed by atoms with Crippen molar-refractivity contribution in [3.05, 3.63) is 29.8 Å². The van der Waals surface area contributed by atoms with Crippen molar-refractivity contribution in [2.75, 3.05) is 18.0 Å². The molecule has 0 bridgehead atoms. The van der Waals surface area contributed by atoms with Crippen molar-refractivity contribution in [2.24, 2.45) is 5.92 Å². The number of hydrogen-bond acceptors (Lipinski definition) is 3. The van der Waals surface area contributed by atoms with Crippen molar-refractivity contribution >= 4 is 11.7 Å². The maximum atomic E-state index is 11.7. The van der Waals surface area contributed by atoms with E-state index in [9.17, 15) is 9.90 Å². The number of aliphatic carboxylic acids is 1. The Bertz CT molecular complexity index is 515. The molecule has 0 aromatic heterocycles. The molecule has 0 saturated heterocycles. The lowest BCUT2D eigenvalue weighted by molar-refractivity contribution is -0.144. The minimum atomic E-state index is -0.946. The van der Waals surface area contributed by atoms with Crippen LogP contribution in [0.1, 0.15) is 33.3 Å². The zero-order valence-corrected chi connectivity index (χ0v) is 13.4. The first-order valence-corrected chi connectivity index (χ1v) is 7.66. The van der Waals surface area contributed by atoms with E-state index in [2.05, 4.69) is 35.3 Å². The number of carbonyl (C=O) groups is 1. The molecule has 0 saturated carbocycles. The van der Waals surface area contributed by atoms with Gasteiger partial charge in [0.05, 0.1) is 0 Å². The van der Waals surface area contributed by atoms with E-state index in [4.69, 9.17) is 0 Å². The van der Waals surface area contributed by atoms with Gasteiger partial charge in [0.1, 0.15) is 5.54 Å². The zero-order valence-electron chi connectivity index (χ0n) is 13.4. The molecular weight excluding hydrogens is 264 g/mol. The van der Waals surface area contributed by atoms with Crippen LogP contribution >= 0.6 is 0 Å². The maximum absolute atomic E-state index is 11.7. The average molecular weight is 290 g/mol. The van der Waals surface area contributed by atoms with Crippen molar-refractivity contribution < 1.29 is 9.90 Å². The smallest absolute Gasteiger partial charge is 0.325 e. The topological polar surface area (TPSA) is 52.6 Å². The standard InChI is InChI=1S/C17H26N2O2/c1-12(2)18-17(4,16(20)21)11-19-10-13(3)9-14-7-5-6-8-15(14)19/h5-8,12-13,18H,9-11H2,1-4H3,(H,20,21). The number of carboxylic acids is 1. The van der Waals surface area contributed by atoms with Gasteiger partial charge in [-0.2, -0.15) is 0 Å². The first-order valence-electron chi connectivity index (χ1n) is 7.66. The molecular formula is C17H26N2O2. The van der Waals surface area contributed by atoms with Crippen molar-refractivity contribution in [3.63, 3.8) is 0 Å². The van der Waals surface area contributed by atoms with Gasteiger partial charge < -0.3 is 10.0 Å². The summed E-state index contributed by atoms with van der Waals surface area (Å²) >= 11 is 0. The molecule has 1 heterocycles. The molecule has 1 aliphatic rings. The van der Waals surface area contributed by atoms with Crippen LogP contribution in [0.25, 0.3) is 0 Å². The fourth-order valence-electron chi connectivity index (χ4n) is 3.25. The summed E-state index contributed by atoms with van der Waals surface area (Å²) < 4.78 is 0. The first kappa shape index (κ1) is 15.8. The van der Waals surface area contributed by atoms with Gasteiger partial charge in [0.2, 0.25) is 0 Å². The van der Waals surface area contributed by atoms with E-state index in [0.29, 0.717) is 12.5 Å². The van der Waals surface area contributed by atoms with Crippen LogP contribution in [0.2, 0.25) is 0 Å². The molecule has 2 unspecified atom stereocenters. The largest absolute Gasteiger partial charge is 0.480 e. The van der Waals surface area contributed by atoms with Crippen LogP contribution in [0.4, 0.5) is 5.69 Å². The lowest BCUT2D eigenvalue weighted by Gasteiger charge is -2.40. The number of nitrogens with zero attached hydrogens (tertiary/aromatic N) is 1. The number of hydrogen-bond donors (Lipinski definition) is 2. The molecule has 4 heteroatoms. The number of anilines is 1. The number of rotatable bonds is 5. The molecule has 0 spiro atoms. The summed E-state index contributed by atoms with van der Waals surface area (Å²) in [6, 6.07) is 8.45. The summed E-state index contributed by atoms with van der Waals surface area (Å²) in [5.41, 5.74) is 1.54. The predicted octanol–water partition coefficient (Wildman–Crippen LogP) is 2.53. The van der Waals surface area contributed by atoms with Crippen LogP contribution in [-0.2, 0) is 11.2 Å². The van der Waals surface area contributed by atoms with E-state index in [-0.39, 0.29) is 6.04 Å². The van der Waals surface area contributed by atoms with E-state index in [1.54, 1.807) is 6.92 Å². The molecule has 0 radical (unpaired) electrons. The second-order valence-electron chi connectivity index (χ2n) is 6.75. The highest BCUT2D eigenvalue weighted by atomic mass is 16.4. The van der Waals surface area contributed by atoms with Gasteiger partial charge in [-0.3, -0.25) is 10.1 Å². The monoisotopic (exact) mass is 290 g/mol. The van der Waals surface area contributed by atoms with E-state index >= 15 is 0 Å². The first-order chi connectivity index (χ1) is 9.82. The summed E-state index contributed by atoms with van der Waals surface area (Å²) in [7, 11) is 0. The van der Waals surface area contributed by atoms with Crippen LogP contribution in [0.5, 0.6) is 0 Å². The summed E-state index contributed by atoms with van der Waals surface area (Å²) in [5, 5.41) is 12.8. The number of benzene rings is 1. The van der Waals surface area contributed by atoms with Gasteiger partial charge in [0.25, 0.3) is 0 Å². The number of nitrogens with one attached hydrogen (secondary N) is 1. The van der Waals surface area contributed by atoms with Gasteiger partial charge in [0.15, 0.2) is 0 Å². The van der Waals surface area contributed by atoms with Crippen molar-refractivity contribution in [2.45, 2.75) is 45.7 Å². The summed E-state index contributed by atoms with van der Waals surface area (Å²) in [6.07, 6.45) is 1.06. The van der Waals surface area contributed by atoms with Crippen molar-refractivity contribution in [1.82, 2.24) is 5.32 Å². The van der Waals surface area contributed by atoms with Crippen LogP contribution in [0, 0.1) is 5.92 Å². The Morgan fingerprint density at radius 2 is 2.14 bits per heavy atom. The van der Waals surface area contributed by atoms with Gasteiger partial charge >= 0.3 is 5.97 Å². The molecule has 2 atom stereocenters. The van der Waals surface area contributed by atoms with Gasteiger partial charge in [-0.05, 0) is 44.7 Å². The molecule has 4 nitrogen and oxygen atoms in total. The third kappa shape index (κ3) is 3.56. The SMILES string of the molecule is CC1Cc2ccccc2N(CC(C)(NC(C)C)C(=O)O)C1. The number of para-hydroxylation sites is 1. The zero-order chi connectivity index (χ0) is 15.6. The molecule has 0 aliphatic carbocycles. The van der Waals surface area contributed by atoms with E-state index in [1.165, 1.54) is 11.3 Å². The summed E-state index contributed by atoms with van der Waals surface area (Å²) in [4.78, 5) is 14.0. The number of carboxylic acid groups (broad SMARTS) is 1. The average Bonchev–Trinajstić information content (AvgIpc) is 2.37. The lowest BCUT2D eigenvalue weighted by Crippen LogP contribution is -2.60. The Hall–Kier alpha value is -1.55. The normalized spacial score (nSPS) is 21.0. The minimum absolute atomic E-state index is 0.128. The molecule has 1 aromatic carbocycles. The Kier molecular flexibility index (Phi) is 4.57. The fraction of sp³-hybridized carbons (Fsp3) is 0.588. The van der Waals surface area contributed by atoms with Gasteiger partial charge in [-0.25, -0.2) is 0 Å². The Morgan fingerprint density at radius 1 is 1.48 bits per heavy atom. The Balaban J connectivity index is 2.27. The summed E-state index contributed by atoms with van der Waals surface area (Å²) in [5.74, 6) is -0.260. The van der Waals surface area contributed by atoms with Gasteiger partial charge in [-0.1, -0.05) is 25.1 Å². The van der Waals surface area contributed by atoms with Gasteiger partial charge in [0, 0.05) is 24.8 Å². The minimum Gasteiger partial charge on any atom is -0.480 e. The summed E-state index contributed by atoms with van der Waals surface area (Å²) in [6.45, 7) is 9.33. The van der Waals surface area contributed by atoms with Crippen molar-refractivity contribution in [3.8, 4) is 0 Å². The third-order valence-corrected chi connectivity index (χ3v) is 4.02. The molecule has 2 N–H and O–H groups in total. The van der Waals surface area contributed by atoms with E-state index in [1.807, 2.05) is 19.9 Å². The number of fused-ring (bicyclic) bond motifs is 1. The van der Waals surface area contributed by atoms with Crippen LogP contribution in [0.3, 0.4) is 0 Å².